The summed E-state index contributed by atoms with van der Waals surface area (Å²) in [5.41, 5.74) is 1.18. The number of ketones is 1. The number of amides is 1. The second kappa shape index (κ2) is 8.80. The van der Waals surface area contributed by atoms with Gasteiger partial charge in [-0.15, -0.1) is 0 Å². The minimum Gasteiger partial charge on any atom is -0.445 e. The van der Waals surface area contributed by atoms with Crippen molar-refractivity contribution in [2.24, 2.45) is 0 Å². The molecule has 0 bridgehead atoms. The average Bonchev–Trinajstić information content (AvgIpc) is 3.10. The predicted octanol–water partition coefficient (Wildman–Crippen LogP) is 4.98. The summed E-state index contributed by atoms with van der Waals surface area (Å²) in [5.74, 6) is -0.688. The predicted molar refractivity (Wildman–Crippen MR) is 101 cm³/mol. The molecule has 3 rings (SSSR count). The van der Waals surface area contributed by atoms with Crippen molar-refractivity contribution in [1.29, 1.82) is 0 Å². The standard InChI is InChI=1S/C22H24FNO3/c1-2-7-19-12-13-20(21(25)17-10-6-11-18(23)14-17)24(19)22(26)27-15-16-8-4-3-5-9-16/h3-6,8-11,14,19-20H,2,7,12-13,15H2,1H3/t19-,20-/m0/s1. The van der Waals surface area contributed by atoms with Crippen LogP contribution in [0.25, 0.3) is 0 Å². The first kappa shape index (κ1) is 19.1. The fourth-order valence-electron chi connectivity index (χ4n) is 3.66. The smallest absolute Gasteiger partial charge is 0.410 e. The summed E-state index contributed by atoms with van der Waals surface area (Å²) in [7, 11) is 0. The van der Waals surface area contributed by atoms with Gasteiger partial charge in [-0.1, -0.05) is 55.8 Å². The van der Waals surface area contributed by atoms with Crippen molar-refractivity contribution in [3.05, 3.63) is 71.5 Å². The number of carbonyl (C=O) groups excluding carboxylic acids is 2. The molecule has 1 amide bonds. The molecule has 1 fully saturated rings. The van der Waals surface area contributed by atoms with Crippen LogP contribution in [0.5, 0.6) is 0 Å². The number of benzene rings is 2. The van der Waals surface area contributed by atoms with E-state index in [9.17, 15) is 14.0 Å². The molecule has 27 heavy (non-hydrogen) atoms. The highest BCUT2D eigenvalue weighted by Crippen LogP contribution is 2.30. The largest absolute Gasteiger partial charge is 0.445 e. The van der Waals surface area contributed by atoms with Gasteiger partial charge < -0.3 is 4.74 Å². The second-order valence-corrected chi connectivity index (χ2v) is 6.86. The summed E-state index contributed by atoms with van der Waals surface area (Å²) in [6.45, 7) is 2.21. The van der Waals surface area contributed by atoms with E-state index in [-0.39, 0.29) is 24.0 Å². The Hall–Kier alpha value is -2.69. The Bertz CT molecular complexity index is 793. The lowest BCUT2D eigenvalue weighted by atomic mass is 10.0. The third-order valence-electron chi connectivity index (χ3n) is 4.95. The highest BCUT2D eigenvalue weighted by atomic mass is 19.1. The molecule has 142 valence electrons. The Kier molecular flexibility index (Phi) is 6.22. The van der Waals surface area contributed by atoms with Gasteiger partial charge in [-0.2, -0.15) is 0 Å². The van der Waals surface area contributed by atoms with Crippen molar-refractivity contribution >= 4 is 11.9 Å². The van der Waals surface area contributed by atoms with Crippen molar-refractivity contribution in [2.45, 2.75) is 51.3 Å². The fourth-order valence-corrected chi connectivity index (χ4v) is 3.66. The van der Waals surface area contributed by atoms with Crippen molar-refractivity contribution in [3.63, 3.8) is 0 Å². The van der Waals surface area contributed by atoms with Crippen LogP contribution in [-0.2, 0) is 11.3 Å². The number of ether oxygens (including phenoxy) is 1. The van der Waals surface area contributed by atoms with Crippen LogP contribution in [-0.4, -0.2) is 28.9 Å². The van der Waals surface area contributed by atoms with Crippen LogP contribution in [0.1, 0.15) is 48.5 Å². The molecule has 0 aliphatic carbocycles. The lowest BCUT2D eigenvalue weighted by molar-refractivity contribution is 0.0644. The van der Waals surface area contributed by atoms with Gasteiger partial charge in [0.25, 0.3) is 0 Å². The number of hydrogen-bond acceptors (Lipinski definition) is 3. The minimum absolute atomic E-state index is 0.0271. The lowest BCUT2D eigenvalue weighted by Gasteiger charge is -2.29. The van der Waals surface area contributed by atoms with Gasteiger partial charge in [-0.25, -0.2) is 9.18 Å². The molecule has 5 heteroatoms. The zero-order valence-electron chi connectivity index (χ0n) is 15.4. The molecule has 0 radical (unpaired) electrons. The number of Topliss-reactive ketones (excluding diaryl/α,β-unsaturated/α-hetero) is 1. The number of hydrogen-bond donors (Lipinski definition) is 0. The Morgan fingerprint density at radius 3 is 2.59 bits per heavy atom. The summed E-state index contributed by atoms with van der Waals surface area (Å²) in [5, 5.41) is 0. The van der Waals surface area contributed by atoms with Gasteiger partial charge in [-0.05, 0) is 37.0 Å². The molecule has 2 aromatic rings. The van der Waals surface area contributed by atoms with Gasteiger partial charge in [0.05, 0.1) is 6.04 Å². The van der Waals surface area contributed by atoms with Crippen molar-refractivity contribution in [1.82, 2.24) is 4.90 Å². The molecule has 0 aromatic heterocycles. The molecule has 2 atom stereocenters. The lowest BCUT2D eigenvalue weighted by Crippen LogP contribution is -2.45. The third kappa shape index (κ3) is 4.54. The molecular weight excluding hydrogens is 345 g/mol. The number of rotatable bonds is 6. The molecule has 2 aromatic carbocycles. The van der Waals surface area contributed by atoms with Crippen LogP contribution in [0.15, 0.2) is 54.6 Å². The van der Waals surface area contributed by atoms with E-state index in [1.807, 2.05) is 30.3 Å². The van der Waals surface area contributed by atoms with Crippen LogP contribution in [0, 0.1) is 5.82 Å². The number of nitrogens with zero attached hydrogens (tertiary/aromatic N) is 1. The first-order valence-electron chi connectivity index (χ1n) is 9.39. The van der Waals surface area contributed by atoms with Crippen LogP contribution in [0.2, 0.25) is 0 Å². The van der Waals surface area contributed by atoms with E-state index in [0.29, 0.717) is 6.42 Å². The number of carbonyl (C=O) groups is 2. The highest BCUT2D eigenvalue weighted by Gasteiger charge is 2.41. The number of likely N-dealkylation sites (tertiary alicyclic amines) is 1. The molecule has 1 saturated heterocycles. The summed E-state index contributed by atoms with van der Waals surface area (Å²) in [6.07, 6.45) is 2.56. The molecule has 0 saturated carbocycles. The van der Waals surface area contributed by atoms with Gasteiger partial charge in [0.2, 0.25) is 0 Å². The van der Waals surface area contributed by atoms with Gasteiger partial charge >= 0.3 is 6.09 Å². The molecule has 0 unspecified atom stereocenters. The Labute approximate surface area is 158 Å². The maximum Gasteiger partial charge on any atom is 0.410 e. The van der Waals surface area contributed by atoms with E-state index in [2.05, 4.69) is 6.92 Å². The zero-order valence-corrected chi connectivity index (χ0v) is 15.4. The molecule has 0 spiro atoms. The van der Waals surface area contributed by atoms with Gasteiger partial charge in [0.15, 0.2) is 5.78 Å². The monoisotopic (exact) mass is 369 g/mol. The van der Waals surface area contributed by atoms with E-state index in [4.69, 9.17) is 4.74 Å². The molecule has 1 heterocycles. The Morgan fingerprint density at radius 1 is 1.11 bits per heavy atom. The molecule has 0 N–H and O–H groups in total. The van der Waals surface area contributed by atoms with Crippen LogP contribution < -0.4 is 0 Å². The first-order chi connectivity index (χ1) is 13.1. The quantitative estimate of drug-likeness (QED) is 0.675. The molecule has 1 aliphatic heterocycles. The zero-order chi connectivity index (χ0) is 19.2. The van der Waals surface area contributed by atoms with Crippen LogP contribution in [0.4, 0.5) is 9.18 Å². The van der Waals surface area contributed by atoms with Crippen LogP contribution >= 0.6 is 0 Å². The topological polar surface area (TPSA) is 46.6 Å². The minimum atomic E-state index is -0.605. The normalized spacial score (nSPS) is 19.1. The van der Waals surface area contributed by atoms with Gasteiger partial charge in [0, 0.05) is 11.6 Å². The molecular formula is C22H24FNO3. The summed E-state index contributed by atoms with van der Waals surface area (Å²) in [4.78, 5) is 27.3. The van der Waals surface area contributed by atoms with Crippen LogP contribution in [0.3, 0.4) is 0 Å². The summed E-state index contributed by atoms with van der Waals surface area (Å²) >= 11 is 0. The maximum atomic E-state index is 13.5. The second-order valence-electron chi connectivity index (χ2n) is 6.86. The summed E-state index contributed by atoms with van der Waals surface area (Å²) in [6, 6.07) is 14.4. The third-order valence-corrected chi connectivity index (χ3v) is 4.95. The van der Waals surface area contributed by atoms with E-state index < -0.39 is 18.0 Å². The fraction of sp³-hybridized carbons (Fsp3) is 0.364. The van der Waals surface area contributed by atoms with Gasteiger partial charge in [0.1, 0.15) is 12.4 Å². The van der Waals surface area contributed by atoms with E-state index >= 15 is 0 Å². The highest BCUT2D eigenvalue weighted by molar-refractivity contribution is 6.01. The first-order valence-corrected chi connectivity index (χ1v) is 9.39. The van der Waals surface area contributed by atoms with E-state index in [0.717, 1.165) is 24.8 Å². The maximum absolute atomic E-state index is 13.5. The number of halogens is 1. The van der Waals surface area contributed by atoms with Crippen molar-refractivity contribution in [2.75, 3.05) is 0 Å². The molecule has 4 nitrogen and oxygen atoms in total. The van der Waals surface area contributed by atoms with E-state index in [1.165, 1.54) is 18.2 Å². The average molecular weight is 369 g/mol. The van der Waals surface area contributed by atoms with Gasteiger partial charge in [-0.3, -0.25) is 9.69 Å². The van der Waals surface area contributed by atoms with Crippen molar-refractivity contribution in [3.8, 4) is 0 Å². The van der Waals surface area contributed by atoms with Crippen molar-refractivity contribution < 1.29 is 18.7 Å². The SMILES string of the molecule is CCC[C@H]1CC[C@@H](C(=O)c2cccc(F)c2)N1C(=O)OCc1ccccc1. The Balaban J connectivity index is 1.76. The Morgan fingerprint density at radius 2 is 1.89 bits per heavy atom. The molecule has 1 aliphatic rings. The van der Waals surface area contributed by atoms with E-state index in [1.54, 1.807) is 11.0 Å². The summed E-state index contributed by atoms with van der Waals surface area (Å²) < 4.78 is 19.0.